The fourth-order valence-corrected chi connectivity index (χ4v) is 3.81. The first-order chi connectivity index (χ1) is 8.74. The fourth-order valence-electron chi connectivity index (χ4n) is 2.51. The second-order valence-corrected chi connectivity index (χ2v) is 6.13. The van der Waals surface area contributed by atoms with Crippen LogP contribution in [0.3, 0.4) is 0 Å². The highest BCUT2D eigenvalue weighted by molar-refractivity contribution is 8.00. The summed E-state index contributed by atoms with van der Waals surface area (Å²) < 4.78 is 0. The molecule has 2 aromatic carbocycles. The van der Waals surface area contributed by atoms with E-state index in [0.717, 1.165) is 12.0 Å². The molecule has 0 spiro atoms. The Morgan fingerprint density at radius 2 is 1.94 bits per heavy atom. The SMILES string of the molecule is Cc1cccc(S[C@H]2Cc3ccccc3[C@@H]2O)c1. The predicted octanol–water partition coefficient (Wildman–Crippen LogP) is 3.75. The van der Waals surface area contributed by atoms with Gasteiger partial charge < -0.3 is 5.11 Å². The Balaban J connectivity index is 1.81. The number of thioether (sulfide) groups is 1. The molecule has 0 unspecified atom stereocenters. The lowest BCUT2D eigenvalue weighted by Gasteiger charge is -2.14. The predicted molar refractivity (Wildman–Crippen MR) is 75.9 cm³/mol. The highest BCUT2D eigenvalue weighted by Gasteiger charge is 2.31. The minimum atomic E-state index is -0.341. The number of rotatable bonds is 2. The van der Waals surface area contributed by atoms with E-state index in [1.54, 1.807) is 11.8 Å². The van der Waals surface area contributed by atoms with Gasteiger partial charge >= 0.3 is 0 Å². The van der Waals surface area contributed by atoms with Gasteiger partial charge in [0, 0.05) is 10.1 Å². The molecule has 1 aliphatic carbocycles. The van der Waals surface area contributed by atoms with Gasteiger partial charge in [-0.1, -0.05) is 42.0 Å². The molecule has 0 fully saturated rings. The highest BCUT2D eigenvalue weighted by atomic mass is 32.2. The maximum atomic E-state index is 10.4. The summed E-state index contributed by atoms with van der Waals surface area (Å²) in [6.45, 7) is 2.10. The summed E-state index contributed by atoms with van der Waals surface area (Å²) in [5.41, 5.74) is 3.66. The van der Waals surface area contributed by atoms with Crippen LogP contribution >= 0.6 is 11.8 Å². The van der Waals surface area contributed by atoms with Gasteiger partial charge in [-0.2, -0.15) is 0 Å². The van der Waals surface area contributed by atoms with E-state index < -0.39 is 0 Å². The number of fused-ring (bicyclic) bond motifs is 1. The first kappa shape index (κ1) is 11.8. The van der Waals surface area contributed by atoms with Gasteiger partial charge in [-0.05, 0) is 36.6 Å². The Kier molecular flexibility index (Phi) is 3.14. The van der Waals surface area contributed by atoms with Gasteiger partial charge in [-0.15, -0.1) is 11.8 Å². The van der Waals surface area contributed by atoms with Crippen molar-refractivity contribution in [3.05, 3.63) is 65.2 Å². The molecule has 0 radical (unpaired) electrons. The lowest BCUT2D eigenvalue weighted by atomic mass is 10.1. The molecule has 1 N–H and O–H groups in total. The van der Waals surface area contributed by atoms with Crippen LogP contribution in [-0.4, -0.2) is 10.4 Å². The normalized spacial score (nSPS) is 21.9. The maximum absolute atomic E-state index is 10.4. The van der Waals surface area contributed by atoms with E-state index in [0.29, 0.717) is 0 Å². The average molecular weight is 256 g/mol. The Bertz CT molecular complexity index is 565. The number of benzene rings is 2. The van der Waals surface area contributed by atoms with Crippen molar-refractivity contribution >= 4 is 11.8 Å². The number of aryl methyl sites for hydroxylation is 1. The molecule has 1 nitrogen and oxygen atoms in total. The van der Waals surface area contributed by atoms with E-state index in [1.807, 2.05) is 18.2 Å². The molecule has 0 heterocycles. The molecule has 18 heavy (non-hydrogen) atoms. The summed E-state index contributed by atoms with van der Waals surface area (Å²) in [5.74, 6) is 0. The Hall–Kier alpha value is -1.25. The van der Waals surface area contributed by atoms with Crippen LogP contribution in [0.1, 0.15) is 22.8 Å². The van der Waals surface area contributed by atoms with Crippen molar-refractivity contribution in [1.82, 2.24) is 0 Å². The zero-order valence-corrected chi connectivity index (χ0v) is 11.2. The van der Waals surface area contributed by atoms with Gasteiger partial charge in [-0.3, -0.25) is 0 Å². The van der Waals surface area contributed by atoms with Crippen LogP contribution in [0.25, 0.3) is 0 Å². The molecule has 92 valence electrons. The zero-order chi connectivity index (χ0) is 12.5. The number of hydrogen-bond donors (Lipinski definition) is 1. The molecule has 0 saturated heterocycles. The van der Waals surface area contributed by atoms with E-state index in [1.165, 1.54) is 16.0 Å². The van der Waals surface area contributed by atoms with Gasteiger partial charge in [0.1, 0.15) is 0 Å². The van der Waals surface area contributed by atoms with Crippen molar-refractivity contribution < 1.29 is 5.11 Å². The lowest BCUT2D eigenvalue weighted by molar-refractivity contribution is 0.185. The number of aliphatic hydroxyl groups is 1. The van der Waals surface area contributed by atoms with Crippen LogP contribution in [0.15, 0.2) is 53.4 Å². The Morgan fingerprint density at radius 1 is 1.11 bits per heavy atom. The molecule has 0 aromatic heterocycles. The second kappa shape index (κ2) is 4.79. The quantitative estimate of drug-likeness (QED) is 0.883. The highest BCUT2D eigenvalue weighted by Crippen LogP contribution is 2.41. The van der Waals surface area contributed by atoms with E-state index in [4.69, 9.17) is 0 Å². The summed E-state index contributed by atoms with van der Waals surface area (Å²) in [4.78, 5) is 1.24. The van der Waals surface area contributed by atoms with Gasteiger partial charge in [-0.25, -0.2) is 0 Å². The van der Waals surface area contributed by atoms with Crippen molar-refractivity contribution in [2.45, 2.75) is 29.6 Å². The van der Waals surface area contributed by atoms with E-state index in [2.05, 4.69) is 37.3 Å². The van der Waals surface area contributed by atoms with Gasteiger partial charge in [0.05, 0.1) is 6.10 Å². The van der Waals surface area contributed by atoms with Crippen LogP contribution in [0, 0.1) is 6.92 Å². The van der Waals surface area contributed by atoms with Crippen molar-refractivity contribution in [2.75, 3.05) is 0 Å². The fraction of sp³-hybridized carbons (Fsp3) is 0.250. The Morgan fingerprint density at radius 3 is 2.72 bits per heavy atom. The van der Waals surface area contributed by atoms with Crippen LogP contribution in [0.4, 0.5) is 0 Å². The van der Waals surface area contributed by atoms with E-state index in [9.17, 15) is 5.11 Å². The molecule has 1 aliphatic rings. The van der Waals surface area contributed by atoms with Gasteiger partial charge in [0.2, 0.25) is 0 Å². The topological polar surface area (TPSA) is 20.2 Å². The minimum absolute atomic E-state index is 0.240. The maximum Gasteiger partial charge on any atom is 0.0917 e. The molecular formula is C16H16OS. The number of hydrogen-bond acceptors (Lipinski definition) is 2. The smallest absolute Gasteiger partial charge is 0.0917 e. The average Bonchev–Trinajstić information content (AvgIpc) is 2.67. The third-order valence-electron chi connectivity index (χ3n) is 3.42. The standard InChI is InChI=1S/C16H16OS/c1-11-5-4-7-13(9-11)18-15-10-12-6-2-3-8-14(12)16(15)17/h2-9,15-17H,10H2,1H3/t15-,16-/m0/s1. The lowest BCUT2D eigenvalue weighted by Crippen LogP contribution is -2.08. The minimum Gasteiger partial charge on any atom is -0.387 e. The molecule has 0 amide bonds. The van der Waals surface area contributed by atoms with Crippen LogP contribution in [0.5, 0.6) is 0 Å². The summed E-state index contributed by atoms with van der Waals surface area (Å²) in [5, 5.41) is 10.6. The summed E-state index contributed by atoms with van der Waals surface area (Å²) in [6, 6.07) is 16.7. The molecule has 3 rings (SSSR count). The van der Waals surface area contributed by atoms with Crippen molar-refractivity contribution in [3.8, 4) is 0 Å². The third-order valence-corrected chi connectivity index (χ3v) is 4.68. The number of aliphatic hydroxyl groups excluding tert-OH is 1. The van der Waals surface area contributed by atoms with E-state index in [-0.39, 0.29) is 11.4 Å². The largest absolute Gasteiger partial charge is 0.387 e. The Labute approximate surface area is 112 Å². The monoisotopic (exact) mass is 256 g/mol. The summed E-state index contributed by atoms with van der Waals surface area (Å²) in [6.07, 6.45) is 0.613. The molecule has 0 bridgehead atoms. The van der Waals surface area contributed by atoms with Crippen LogP contribution in [0.2, 0.25) is 0 Å². The van der Waals surface area contributed by atoms with E-state index >= 15 is 0 Å². The molecular weight excluding hydrogens is 240 g/mol. The summed E-state index contributed by atoms with van der Waals surface area (Å²) in [7, 11) is 0. The second-order valence-electron chi connectivity index (χ2n) is 4.82. The molecule has 2 heteroatoms. The van der Waals surface area contributed by atoms with Crippen LogP contribution in [-0.2, 0) is 6.42 Å². The van der Waals surface area contributed by atoms with Gasteiger partial charge in [0.25, 0.3) is 0 Å². The summed E-state index contributed by atoms with van der Waals surface area (Å²) >= 11 is 1.78. The molecule has 2 atom stereocenters. The molecule has 0 aliphatic heterocycles. The zero-order valence-electron chi connectivity index (χ0n) is 10.3. The third kappa shape index (κ3) is 2.18. The van der Waals surface area contributed by atoms with Gasteiger partial charge in [0.15, 0.2) is 0 Å². The first-order valence-corrected chi connectivity index (χ1v) is 7.11. The van der Waals surface area contributed by atoms with Crippen molar-refractivity contribution in [2.24, 2.45) is 0 Å². The molecule has 2 aromatic rings. The molecule has 0 saturated carbocycles. The van der Waals surface area contributed by atoms with Crippen molar-refractivity contribution in [1.29, 1.82) is 0 Å². The first-order valence-electron chi connectivity index (χ1n) is 6.23. The van der Waals surface area contributed by atoms with Crippen molar-refractivity contribution in [3.63, 3.8) is 0 Å². The van der Waals surface area contributed by atoms with Crippen LogP contribution < -0.4 is 0 Å².